The van der Waals surface area contributed by atoms with Crippen LogP contribution in [0.15, 0.2) is 85.1 Å². The van der Waals surface area contributed by atoms with E-state index in [1.54, 1.807) is 60.5 Å². The van der Waals surface area contributed by atoms with Crippen molar-refractivity contribution in [3.8, 4) is 34.2 Å². The largest absolute Gasteiger partial charge is 0.497 e. The van der Waals surface area contributed by atoms with E-state index in [2.05, 4.69) is 11.2 Å². The predicted molar refractivity (Wildman–Crippen MR) is 141 cm³/mol. The second-order valence-electron chi connectivity index (χ2n) is 7.94. The normalized spacial score (nSPS) is 10.9. The van der Waals surface area contributed by atoms with E-state index in [0.717, 1.165) is 22.1 Å². The van der Waals surface area contributed by atoms with Crippen LogP contribution < -0.4 is 9.47 Å². The Morgan fingerprint density at radius 1 is 0.806 bits per heavy atom. The number of aromatic nitrogens is 2. The number of hydrogen-bond donors (Lipinski definition) is 0. The maximum Gasteiger partial charge on any atom is 0.337 e. The number of fused-ring (bicyclic) bond motifs is 1. The second kappa shape index (κ2) is 9.93. The minimum atomic E-state index is -0.416. The van der Waals surface area contributed by atoms with E-state index in [9.17, 15) is 4.79 Å². The van der Waals surface area contributed by atoms with E-state index in [1.165, 1.54) is 7.11 Å². The predicted octanol–water partition coefficient (Wildman–Crippen LogP) is 7.59. The minimum Gasteiger partial charge on any atom is -0.497 e. The molecule has 0 aliphatic carbocycles. The third-order valence-corrected chi connectivity index (χ3v) is 6.09. The summed E-state index contributed by atoms with van der Waals surface area (Å²) in [5.41, 5.74) is 2.71. The van der Waals surface area contributed by atoms with Crippen molar-refractivity contribution >= 4 is 39.9 Å². The summed E-state index contributed by atoms with van der Waals surface area (Å²) in [5.74, 6) is 1.43. The van der Waals surface area contributed by atoms with Gasteiger partial charge in [0.2, 0.25) is 0 Å². The Morgan fingerprint density at radius 2 is 1.47 bits per heavy atom. The summed E-state index contributed by atoms with van der Waals surface area (Å²) >= 11 is 12.6. The third-order valence-electron chi connectivity index (χ3n) is 5.65. The van der Waals surface area contributed by atoms with E-state index in [0.29, 0.717) is 38.5 Å². The maximum atomic E-state index is 11.8. The zero-order chi connectivity index (χ0) is 25.2. The molecule has 0 N–H and O–H groups in total. The number of benzene rings is 4. The first-order valence-electron chi connectivity index (χ1n) is 10.9. The zero-order valence-electron chi connectivity index (χ0n) is 19.4. The molecule has 0 aliphatic rings. The summed E-state index contributed by atoms with van der Waals surface area (Å²) < 4.78 is 18.1. The standard InChI is InChI=1S/C28H20Cl2N2O4/c1-34-25-10-7-18-11-20(4-3-19(18)12-25)27-26(36-24-8-5-17(6-9-24)28(33)35-2)16-31-32(27)23-14-21(29)13-22(30)15-23/h3-16H,1-2H3. The van der Waals surface area contributed by atoms with Gasteiger partial charge >= 0.3 is 5.97 Å². The van der Waals surface area contributed by atoms with E-state index < -0.39 is 5.97 Å². The highest BCUT2D eigenvalue weighted by Crippen LogP contribution is 2.38. The molecular weight excluding hydrogens is 499 g/mol. The molecule has 0 fully saturated rings. The molecule has 0 spiro atoms. The molecule has 0 atom stereocenters. The molecule has 36 heavy (non-hydrogen) atoms. The van der Waals surface area contributed by atoms with E-state index >= 15 is 0 Å². The van der Waals surface area contributed by atoms with Crippen molar-refractivity contribution in [2.24, 2.45) is 0 Å². The number of halogens is 2. The third kappa shape index (κ3) is 4.73. The lowest BCUT2D eigenvalue weighted by atomic mass is 10.0. The Hall–Kier alpha value is -4.00. The topological polar surface area (TPSA) is 62.6 Å². The van der Waals surface area contributed by atoms with Crippen LogP contribution >= 0.6 is 23.2 Å². The summed E-state index contributed by atoms with van der Waals surface area (Å²) in [6, 6.07) is 23.9. The van der Waals surface area contributed by atoms with Crippen LogP contribution in [-0.2, 0) is 4.74 Å². The molecule has 0 saturated heterocycles. The quantitative estimate of drug-likeness (QED) is 0.216. The molecule has 5 aromatic rings. The van der Waals surface area contributed by atoms with Gasteiger partial charge < -0.3 is 14.2 Å². The van der Waals surface area contributed by atoms with Crippen molar-refractivity contribution in [2.75, 3.05) is 14.2 Å². The number of esters is 1. The lowest BCUT2D eigenvalue weighted by Gasteiger charge is -2.13. The zero-order valence-corrected chi connectivity index (χ0v) is 20.9. The van der Waals surface area contributed by atoms with Gasteiger partial charge in [-0.3, -0.25) is 0 Å². The average molecular weight is 519 g/mol. The Kier molecular flexibility index (Phi) is 6.55. The highest BCUT2D eigenvalue weighted by atomic mass is 35.5. The monoisotopic (exact) mass is 518 g/mol. The fraction of sp³-hybridized carbons (Fsp3) is 0.0714. The SMILES string of the molecule is COC(=O)c1ccc(Oc2cnn(-c3cc(Cl)cc(Cl)c3)c2-c2ccc3cc(OC)ccc3c2)cc1. The van der Waals surface area contributed by atoms with Crippen molar-refractivity contribution in [3.05, 3.63) is 101 Å². The van der Waals surface area contributed by atoms with Crippen LogP contribution in [0.5, 0.6) is 17.2 Å². The number of methoxy groups -OCH3 is 2. The minimum absolute atomic E-state index is 0.416. The summed E-state index contributed by atoms with van der Waals surface area (Å²) in [5, 5.41) is 7.63. The number of carbonyl (C=O) groups excluding carboxylic acids is 1. The molecule has 0 amide bonds. The molecule has 0 bridgehead atoms. The summed E-state index contributed by atoms with van der Waals surface area (Å²) in [4.78, 5) is 11.8. The Balaban J connectivity index is 1.62. The molecule has 0 saturated carbocycles. The van der Waals surface area contributed by atoms with Crippen molar-refractivity contribution in [1.82, 2.24) is 9.78 Å². The van der Waals surface area contributed by atoms with E-state index in [-0.39, 0.29) is 0 Å². The van der Waals surface area contributed by atoms with Gasteiger partial charge in [-0.2, -0.15) is 5.10 Å². The van der Waals surface area contributed by atoms with Gasteiger partial charge in [0.1, 0.15) is 17.2 Å². The molecule has 1 heterocycles. The summed E-state index contributed by atoms with van der Waals surface area (Å²) in [6.07, 6.45) is 1.64. The van der Waals surface area contributed by atoms with Gasteiger partial charge in [0.05, 0.1) is 31.7 Å². The van der Waals surface area contributed by atoms with Crippen LogP contribution in [0.1, 0.15) is 10.4 Å². The lowest BCUT2D eigenvalue weighted by Crippen LogP contribution is -2.01. The van der Waals surface area contributed by atoms with Crippen molar-refractivity contribution in [3.63, 3.8) is 0 Å². The van der Waals surface area contributed by atoms with Crippen LogP contribution in [0, 0.1) is 0 Å². The number of nitrogens with zero attached hydrogens (tertiary/aromatic N) is 2. The fourth-order valence-corrected chi connectivity index (χ4v) is 4.45. The molecular formula is C28H20Cl2N2O4. The number of ether oxygens (including phenoxy) is 3. The fourth-order valence-electron chi connectivity index (χ4n) is 3.93. The van der Waals surface area contributed by atoms with Gasteiger partial charge in [0.15, 0.2) is 5.75 Å². The smallest absolute Gasteiger partial charge is 0.337 e. The first-order valence-corrected chi connectivity index (χ1v) is 11.7. The van der Waals surface area contributed by atoms with Crippen LogP contribution in [0.25, 0.3) is 27.7 Å². The lowest BCUT2D eigenvalue weighted by molar-refractivity contribution is 0.0600. The average Bonchev–Trinajstić information content (AvgIpc) is 3.31. The van der Waals surface area contributed by atoms with Crippen LogP contribution in [0.2, 0.25) is 10.0 Å². The van der Waals surface area contributed by atoms with E-state index in [1.807, 2.05) is 30.3 Å². The first kappa shape index (κ1) is 23.7. The van der Waals surface area contributed by atoms with Crippen molar-refractivity contribution in [2.45, 2.75) is 0 Å². The number of hydrogen-bond acceptors (Lipinski definition) is 5. The van der Waals surface area contributed by atoms with Gasteiger partial charge in [0.25, 0.3) is 0 Å². The van der Waals surface area contributed by atoms with Gasteiger partial charge in [0, 0.05) is 15.6 Å². The van der Waals surface area contributed by atoms with Crippen LogP contribution in [0.4, 0.5) is 0 Å². The van der Waals surface area contributed by atoms with E-state index in [4.69, 9.17) is 37.4 Å². The highest BCUT2D eigenvalue weighted by Gasteiger charge is 2.18. The summed E-state index contributed by atoms with van der Waals surface area (Å²) in [6.45, 7) is 0. The molecule has 4 aromatic carbocycles. The Labute approximate surface area is 217 Å². The summed E-state index contributed by atoms with van der Waals surface area (Å²) in [7, 11) is 2.99. The van der Waals surface area contributed by atoms with Crippen LogP contribution in [0.3, 0.4) is 0 Å². The maximum absolute atomic E-state index is 11.8. The highest BCUT2D eigenvalue weighted by molar-refractivity contribution is 6.34. The number of rotatable bonds is 6. The van der Waals surface area contributed by atoms with Gasteiger partial charge in [-0.25, -0.2) is 9.48 Å². The van der Waals surface area contributed by atoms with Gasteiger partial charge in [-0.15, -0.1) is 0 Å². The van der Waals surface area contributed by atoms with Gasteiger partial charge in [-0.05, 0) is 71.4 Å². The Bertz CT molecular complexity index is 1560. The molecule has 0 aliphatic heterocycles. The molecule has 1 aromatic heterocycles. The molecule has 0 unspecified atom stereocenters. The van der Waals surface area contributed by atoms with Gasteiger partial charge in [-0.1, -0.05) is 41.4 Å². The second-order valence-corrected chi connectivity index (χ2v) is 8.82. The molecule has 6 nitrogen and oxygen atoms in total. The number of carbonyl (C=O) groups is 1. The van der Waals surface area contributed by atoms with Crippen LogP contribution in [-0.4, -0.2) is 30.0 Å². The molecule has 180 valence electrons. The molecule has 0 radical (unpaired) electrons. The molecule has 8 heteroatoms. The van der Waals surface area contributed by atoms with Crippen molar-refractivity contribution < 1.29 is 19.0 Å². The van der Waals surface area contributed by atoms with Crippen molar-refractivity contribution in [1.29, 1.82) is 0 Å². The first-order chi connectivity index (χ1) is 17.4. The molecule has 5 rings (SSSR count). The Morgan fingerprint density at radius 3 is 2.17 bits per heavy atom.